The van der Waals surface area contributed by atoms with E-state index in [1.807, 2.05) is 42.7 Å². The molecule has 0 amide bonds. The zero-order valence-electron chi connectivity index (χ0n) is 13.0. The van der Waals surface area contributed by atoms with Crippen molar-refractivity contribution in [2.45, 2.75) is 20.4 Å². The quantitative estimate of drug-likeness (QED) is 0.807. The highest BCUT2D eigenvalue weighted by molar-refractivity contribution is 5.92. The molecule has 1 heterocycles. The molecule has 1 N–H and O–H groups in total. The number of aryl methyl sites for hydroxylation is 2. The Morgan fingerprint density at radius 3 is 2.57 bits per heavy atom. The van der Waals surface area contributed by atoms with Crippen molar-refractivity contribution < 1.29 is 9.90 Å². The van der Waals surface area contributed by atoms with Crippen LogP contribution >= 0.6 is 0 Å². The van der Waals surface area contributed by atoms with Gasteiger partial charge in [0.1, 0.15) is 5.56 Å². The van der Waals surface area contributed by atoms with Crippen LogP contribution in [0.4, 0.5) is 0 Å². The van der Waals surface area contributed by atoms with Gasteiger partial charge in [0.05, 0.1) is 5.52 Å². The topological polar surface area (TPSA) is 59.3 Å². The van der Waals surface area contributed by atoms with Gasteiger partial charge >= 0.3 is 5.97 Å². The molecule has 4 nitrogen and oxygen atoms in total. The van der Waals surface area contributed by atoms with Crippen LogP contribution in [0.2, 0.25) is 0 Å². The SMILES string of the molecule is Cc1ccc(Cn2cc(C(=O)O)c(=O)c3ccccc32)c(C)c1. The van der Waals surface area contributed by atoms with Gasteiger partial charge in [-0.3, -0.25) is 4.79 Å². The predicted octanol–water partition coefficient (Wildman–Crippen LogP) is 3.36. The van der Waals surface area contributed by atoms with E-state index in [0.717, 1.165) is 16.6 Å². The molecule has 23 heavy (non-hydrogen) atoms. The normalized spacial score (nSPS) is 10.9. The van der Waals surface area contributed by atoms with Crippen LogP contribution < -0.4 is 5.43 Å². The summed E-state index contributed by atoms with van der Waals surface area (Å²) in [7, 11) is 0. The molecule has 0 bridgehead atoms. The van der Waals surface area contributed by atoms with Crippen LogP contribution in [0.5, 0.6) is 0 Å². The first-order chi connectivity index (χ1) is 11.0. The maximum atomic E-state index is 12.3. The Morgan fingerprint density at radius 1 is 1.13 bits per heavy atom. The van der Waals surface area contributed by atoms with Crippen molar-refractivity contribution >= 4 is 16.9 Å². The molecule has 0 spiro atoms. The summed E-state index contributed by atoms with van der Waals surface area (Å²) < 4.78 is 1.83. The summed E-state index contributed by atoms with van der Waals surface area (Å²) >= 11 is 0. The number of hydrogen-bond donors (Lipinski definition) is 1. The van der Waals surface area contributed by atoms with Crippen LogP contribution in [-0.4, -0.2) is 15.6 Å². The monoisotopic (exact) mass is 307 g/mol. The fourth-order valence-electron chi connectivity index (χ4n) is 2.84. The maximum Gasteiger partial charge on any atom is 0.341 e. The lowest BCUT2D eigenvalue weighted by Gasteiger charge is -2.14. The molecular weight excluding hydrogens is 290 g/mol. The molecule has 116 valence electrons. The van der Waals surface area contributed by atoms with Crippen molar-refractivity contribution in [1.29, 1.82) is 0 Å². The fourth-order valence-corrected chi connectivity index (χ4v) is 2.84. The fraction of sp³-hybridized carbons (Fsp3) is 0.158. The third kappa shape index (κ3) is 2.75. The summed E-state index contributed by atoms with van der Waals surface area (Å²) in [5.41, 5.74) is 3.52. The van der Waals surface area contributed by atoms with Crippen molar-refractivity contribution in [3.63, 3.8) is 0 Å². The van der Waals surface area contributed by atoms with Gasteiger partial charge in [-0.15, -0.1) is 0 Å². The Labute approximate surface area is 133 Å². The van der Waals surface area contributed by atoms with E-state index < -0.39 is 11.4 Å². The van der Waals surface area contributed by atoms with Gasteiger partial charge in [0.25, 0.3) is 0 Å². The molecule has 2 aromatic carbocycles. The van der Waals surface area contributed by atoms with Crippen molar-refractivity contribution in [3.05, 3.63) is 81.1 Å². The van der Waals surface area contributed by atoms with Gasteiger partial charge in [-0.2, -0.15) is 0 Å². The summed E-state index contributed by atoms with van der Waals surface area (Å²) in [5.74, 6) is -1.20. The predicted molar refractivity (Wildman–Crippen MR) is 90.2 cm³/mol. The Bertz CT molecular complexity index is 970. The molecule has 0 unspecified atom stereocenters. The number of aromatic nitrogens is 1. The van der Waals surface area contributed by atoms with E-state index in [2.05, 4.69) is 6.07 Å². The molecule has 0 atom stereocenters. The maximum absolute atomic E-state index is 12.3. The summed E-state index contributed by atoms with van der Waals surface area (Å²) in [4.78, 5) is 23.7. The number of carboxylic acid groups (broad SMARTS) is 1. The van der Waals surface area contributed by atoms with E-state index in [4.69, 9.17) is 0 Å². The Hall–Kier alpha value is -2.88. The molecule has 0 saturated carbocycles. The highest BCUT2D eigenvalue weighted by atomic mass is 16.4. The summed E-state index contributed by atoms with van der Waals surface area (Å²) in [6.07, 6.45) is 1.44. The van der Waals surface area contributed by atoms with E-state index in [0.29, 0.717) is 11.9 Å². The van der Waals surface area contributed by atoms with E-state index >= 15 is 0 Å². The second kappa shape index (κ2) is 5.72. The molecule has 0 radical (unpaired) electrons. The van der Waals surface area contributed by atoms with Crippen molar-refractivity contribution in [1.82, 2.24) is 4.57 Å². The van der Waals surface area contributed by atoms with Crippen LogP contribution in [0.3, 0.4) is 0 Å². The lowest BCUT2D eigenvalue weighted by Crippen LogP contribution is -2.19. The van der Waals surface area contributed by atoms with Crippen LogP contribution in [0.1, 0.15) is 27.0 Å². The molecular formula is C19H17NO3. The first kappa shape index (κ1) is 15.0. The number of benzene rings is 2. The minimum atomic E-state index is -1.20. The van der Waals surface area contributed by atoms with E-state index in [9.17, 15) is 14.7 Å². The highest BCUT2D eigenvalue weighted by Crippen LogP contribution is 2.17. The Morgan fingerprint density at radius 2 is 1.87 bits per heavy atom. The number of pyridine rings is 1. The van der Waals surface area contributed by atoms with Crippen molar-refractivity contribution in [2.75, 3.05) is 0 Å². The lowest BCUT2D eigenvalue weighted by molar-refractivity contribution is 0.0695. The van der Waals surface area contributed by atoms with Gasteiger partial charge in [0.2, 0.25) is 5.43 Å². The van der Waals surface area contributed by atoms with Crippen LogP contribution in [0, 0.1) is 13.8 Å². The summed E-state index contributed by atoms with van der Waals surface area (Å²) in [5, 5.41) is 9.72. The number of fused-ring (bicyclic) bond motifs is 1. The number of hydrogen-bond acceptors (Lipinski definition) is 2. The van der Waals surface area contributed by atoms with E-state index in [-0.39, 0.29) is 5.56 Å². The summed E-state index contributed by atoms with van der Waals surface area (Å²) in [6, 6.07) is 13.3. The third-order valence-electron chi connectivity index (χ3n) is 4.06. The zero-order valence-corrected chi connectivity index (χ0v) is 13.0. The standard InChI is InChI=1S/C19H17NO3/c1-12-7-8-14(13(2)9-12)10-20-11-16(19(22)23)18(21)15-5-3-4-6-17(15)20/h3-9,11H,10H2,1-2H3,(H,22,23). The van der Waals surface area contributed by atoms with Crippen LogP contribution in [0.15, 0.2) is 53.5 Å². The number of rotatable bonds is 3. The second-order valence-electron chi connectivity index (χ2n) is 5.75. The molecule has 3 rings (SSSR count). The summed E-state index contributed by atoms with van der Waals surface area (Å²) in [6.45, 7) is 4.59. The highest BCUT2D eigenvalue weighted by Gasteiger charge is 2.14. The molecule has 0 aliphatic rings. The number of aromatic carboxylic acids is 1. The Balaban J connectivity index is 2.22. The van der Waals surface area contributed by atoms with Crippen LogP contribution in [0.25, 0.3) is 10.9 Å². The van der Waals surface area contributed by atoms with Gasteiger partial charge in [0.15, 0.2) is 0 Å². The number of para-hydroxylation sites is 1. The smallest absolute Gasteiger partial charge is 0.341 e. The van der Waals surface area contributed by atoms with Gasteiger partial charge < -0.3 is 9.67 Å². The van der Waals surface area contributed by atoms with Crippen molar-refractivity contribution in [3.8, 4) is 0 Å². The third-order valence-corrected chi connectivity index (χ3v) is 4.06. The first-order valence-electron chi connectivity index (χ1n) is 7.39. The molecule has 0 aliphatic heterocycles. The average molecular weight is 307 g/mol. The number of carbonyl (C=O) groups is 1. The molecule has 0 saturated heterocycles. The molecule has 1 aromatic heterocycles. The van der Waals surface area contributed by atoms with Crippen molar-refractivity contribution in [2.24, 2.45) is 0 Å². The lowest BCUT2D eigenvalue weighted by atomic mass is 10.0. The molecule has 3 aromatic rings. The van der Waals surface area contributed by atoms with Gasteiger partial charge in [0, 0.05) is 18.1 Å². The van der Waals surface area contributed by atoms with Gasteiger partial charge in [-0.25, -0.2) is 4.79 Å². The van der Waals surface area contributed by atoms with Crippen LogP contribution in [-0.2, 0) is 6.54 Å². The minimum Gasteiger partial charge on any atom is -0.477 e. The zero-order chi connectivity index (χ0) is 16.6. The van der Waals surface area contributed by atoms with E-state index in [1.54, 1.807) is 12.1 Å². The van der Waals surface area contributed by atoms with Gasteiger partial charge in [-0.05, 0) is 37.1 Å². The largest absolute Gasteiger partial charge is 0.477 e. The number of carboxylic acids is 1. The molecule has 4 heteroatoms. The first-order valence-corrected chi connectivity index (χ1v) is 7.39. The second-order valence-corrected chi connectivity index (χ2v) is 5.75. The Kier molecular flexibility index (Phi) is 3.74. The number of nitrogens with zero attached hydrogens (tertiary/aromatic N) is 1. The average Bonchev–Trinajstić information content (AvgIpc) is 2.52. The molecule has 0 fully saturated rings. The minimum absolute atomic E-state index is 0.200. The van der Waals surface area contributed by atoms with E-state index in [1.165, 1.54) is 11.8 Å². The molecule has 0 aliphatic carbocycles. The van der Waals surface area contributed by atoms with Gasteiger partial charge in [-0.1, -0.05) is 35.9 Å².